The Balaban J connectivity index is 0.000000181. The predicted octanol–water partition coefficient (Wildman–Crippen LogP) is 4.90. The molecule has 5 rings (SSSR count). The van der Waals surface area contributed by atoms with Crippen LogP contribution in [0.4, 0.5) is 0 Å². The molecule has 8 heteroatoms. The zero-order chi connectivity index (χ0) is 24.8. The molecule has 1 unspecified atom stereocenters. The average molecular weight is 515 g/mol. The average Bonchev–Trinajstić information content (AvgIpc) is 3.51. The summed E-state index contributed by atoms with van der Waals surface area (Å²) in [4.78, 5) is 26.5. The van der Waals surface area contributed by atoms with Crippen LogP contribution in [0.2, 0.25) is 10.0 Å². The first-order valence-electron chi connectivity index (χ1n) is 12.1. The van der Waals surface area contributed by atoms with Crippen molar-refractivity contribution in [2.24, 2.45) is 0 Å². The van der Waals surface area contributed by atoms with Crippen molar-refractivity contribution in [3.63, 3.8) is 0 Å². The molecule has 2 aromatic carbocycles. The third kappa shape index (κ3) is 6.44. The van der Waals surface area contributed by atoms with Crippen molar-refractivity contribution in [1.29, 1.82) is 0 Å². The van der Waals surface area contributed by atoms with Gasteiger partial charge in [-0.15, -0.1) is 0 Å². The summed E-state index contributed by atoms with van der Waals surface area (Å²) in [5.74, 6) is -0.351. The fourth-order valence-corrected chi connectivity index (χ4v) is 5.33. The van der Waals surface area contributed by atoms with E-state index < -0.39 is 0 Å². The lowest BCUT2D eigenvalue weighted by Gasteiger charge is -2.36. The number of para-hydroxylation sites is 1. The number of aldehydes is 1. The summed E-state index contributed by atoms with van der Waals surface area (Å²) in [6.07, 6.45) is 6.83. The number of rotatable bonds is 5. The Morgan fingerprint density at radius 2 is 1.74 bits per heavy atom. The highest BCUT2D eigenvalue weighted by Crippen LogP contribution is 2.29. The second kappa shape index (κ2) is 12.0. The number of carbonyl (C=O) groups is 2. The van der Waals surface area contributed by atoms with E-state index in [1.165, 1.54) is 74.5 Å². The molecule has 1 atom stereocenters. The van der Waals surface area contributed by atoms with E-state index in [2.05, 4.69) is 63.3 Å². The van der Waals surface area contributed by atoms with Crippen LogP contribution in [0.25, 0.3) is 10.9 Å². The number of fused-ring (bicyclic) bond motifs is 1. The number of nitrogens with zero attached hydrogens (tertiary/aromatic N) is 3. The molecule has 2 aliphatic heterocycles. The van der Waals surface area contributed by atoms with Gasteiger partial charge in [0.25, 0.3) is 5.91 Å². The molecular weight excluding hydrogens is 483 g/mol. The Kier molecular flexibility index (Phi) is 8.84. The van der Waals surface area contributed by atoms with E-state index in [0.717, 1.165) is 6.04 Å². The minimum atomic E-state index is -0.351. The van der Waals surface area contributed by atoms with Gasteiger partial charge in [-0.05, 0) is 68.6 Å². The molecule has 1 amide bonds. The van der Waals surface area contributed by atoms with Crippen LogP contribution in [-0.2, 0) is 4.79 Å². The third-order valence-corrected chi connectivity index (χ3v) is 7.67. The van der Waals surface area contributed by atoms with E-state index >= 15 is 0 Å². The van der Waals surface area contributed by atoms with Gasteiger partial charge in [-0.3, -0.25) is 9.69 Å². The van der Waals surface area contributed by atoms with Crippen molar-refractivity contribution >= 4 is 46.3 Å². The number of hydrogen-bond acceptors (Lipinski definition) is 4. The van der Waals surface area contributed by atoms with Gasteiger partial charge < -0.3 is 19.6 Å². The van der Waals surface area contributed by atoms with Crippen LogP contribution in [-0.4, -0.2) is 72.4 Å². The van der Waals surface area contributed by atoms with Crippen molar-refractivity contribution in [3.05, 3.63) is 70.3 Å². The molecule has 3 heterocycles. The topological polar surface area (TPSA) is 57.6 Å². The molecule has 6 nitrogen and oxygen atoms in total. The van der Waals surface area contributed by atoms with Gasteiger partial charge in [-0.1, -0.05) is 41.4 Å². The van der Waals surface area contributed by atoms with Crippen LogP contribution in [0.3, 0.4) is 0 Å². The molecule has 35 heavy (non-hydrogen) atoms. The number of likely N-dealkylation sites (N-methyl/N-ethyl adjacent to an activating group) is 1. The molecular formula is C27H32Cl2N4O2. The van der Waals surface area contributed by atoms with Gasteiger partial charge in [0.15, 0.2) is 0 Å². The van der Waals surface area contributed by atoms with E-state index in [4.69, 9.17) is 23.2 Å². The predicted molar refractivity (Wildman–Crippen MR) is 143 cm³/mol. The first-order valence-corrected chi connectivity index (χ1v) is 12.9. The second-order valence-corrected chi connectivity index (χ2v) is 10.1. The van der Waals surface area contributed by atoms with Gasteiger partial charge >= 0.3 is 0 Å². The molecule has 1 N–H and O–H groups in total. The lowest BCUT2D eigenvalue weighted by atomic mass is 10.0. The zero-order valence-electron chi connectivity index (χ0n) is 20.0. The Hall–Kier alpha value is -2.38. The van der Waals surface area contributed by atoms with E-state index in [9.17, 15) is 9.59 Å². The molecule has 0 saturated carbocycles. The second-order valence-electron chi connectivity index (χ2n) is 9.26. The smallest absolute Gasteiger partial charge is 0.251 e. The molecule has 0 radical (unpaired) electrons. The van der Waals surface area contributed by atoms with Crippen molar-refractivity contribution in [1.82, 2.24) is 19.7 Å². The SMILES string of the molecule is CN1CCC(N2CCC(n3ccc4ccccc43)CC2)C1.O=CCNC(=O)c1ccc(Cl)c(Cl)c1. The van der Waals surface area contributed by atoms with Gasteiger partial charge in [0.05, 0.1) is 16.6 Å². The molecule has 2 saturated heterocycles. The first-order chi connectivity index (χ1) is 17.0. The van der Waals surface area contributed by atoms with Gasteiger partial charge in [0.1, 0.15) is 6.29 Å². The molecule has 1 aromatic heterocycles. The van der Waals surface area contributed by atoms with Crippen LogP contribution in [0.15, 0.2) is 54.7 Å². The largest absolute Gasteiger partial charge is 0.345 e. The zero-order valence-corrected chi connectivity index (χ0v) is 21.5. The van der Waals surface area contributed by atoms with Crippen molar-refractivity contribution in [2.45, 2.75) is 31.3 Å². The highest BCUT2D eigenvalue weighted by molar-refractivity contribution is 6.42. The van der Waals surface area contributed by atoms with Crippen molar-refractivity contribution in [3.8, 4) is 0 Å². The number of piperidine rings is 1. The molecule has 0 bridgehead atoms. The van der Waals surface area contributed by atoms with E-state index in [1.807, 2.05) is 0 Å². The van der Waals surface area contributed by atoms with Gasteiger partial charge in [-0.25, -0.2) is 0 Å². The van der Waals surface area contributed by atoms with E-state index in [0.29, 0.717) is 27.9 Å². The Morgan fingerprint density at radius 1 is 1.00 bits per heavy atom. The fraction of sp³-hybridized carbons (Fsp3) is 0.407. The number of benzene rings is 2. The highest BCUT2D eigenvalue weighted by atomic mass is 35.5. The molecule has 0 aliphatic carbocycles. The number of hydrogen-bond donors (Lipinski definition) is 1. The monoisotopic (exact) mass is 514 g/mol. The summed E-state index contributed by atoms with van der Waals surface area (Å²) in [6.45, 7) is 5.04. The maximum absolute atomic E-state index is 11.3. The Labute approximate surface area is 216 Å². The summed E-state index contributed by atoms with van der Waals surface area (Å²) in [7, 11) is 2.25. The lowest BCUT2D eigenvalue weighted by Crippen LogP contribution is -2.42. The molecule has 2 fully saturated rings. The number of halogens is 2. The Bertz CT molecular complexity index is 1160. The molecule has 186 valence electrons. The van der Waals surface area contributed by atoms with E-state index in [1.54, 1.807) is 0 Å². The van der Waals surface area contributed by atoms with Gasteiger partial charge in [0.2, 0.25) is 0 Å². The number of amides is 1. The van der Waals surface area contributed by atoms with Crippen LogP contribution < -0.4 is 5.32 Å². The molecule has 3 aromatic rings. The minimum absolute atomic E-state index is 0.0148. The summed E-state index contributed by atoms with van der Waals surface area (Å²) >= 11 is 11.4. The molecule has 2 aliphatic rings. The van der Waals surface area contributed by atoms with Crippen LogP contribution >= 0.6 is 23.2 Å². The number of likely N-dealkylation sites (tertiary alicyclic amines) is 2. The third-order valence-electron chi connectivity index (χ3n) is 6.93. The summed E-state index contributed by atoms with van der Waals surface area (Å²) < 4.78 is 2.51. The van der Waals surface area contributed by atoms with Crippen LogP contribution in [0.1, 0.15) is 35.7 Å². The standard InChI is InChI=1S/C18H25N3.C9H7Cl2NO2/c1-19-10-7-17(14-19)20-11-8-16(9-12-20)21-13-6-15-4-2-3-5-18(15)21;10-7-2-1-6(5-8(7)11)9(14)12-3-4-13/h2-6,13,16-17H,7-12,14H2,1H3;1-2,4-5H,3H2,(H,12,14). The summed E-state index contributed by atoms with van der Waals surface area (Å²) in [5, 5.41) is 4.46. The first kappa shape index (κ1) is 25.7. The van der Waals surface area contributed by atoms with Crippen LogP contribution in [0.5, 0.6) is 0 Å². The highest BCUT2D eigenvalue weighted by Gasteiger charge is 2.29. The maximum atomic E-state index is 11.3. The summed E-state index contributed by atoms with van der Waals surface area (Å²) in [6, 6.07) is 17.0. The maximum Gasteiger partial charge on any atom is 0.251 e. The van der Waals surface area contributed by atoms with Crippen molar-refractivity contribution in [2.75, 3.05) is 39.8 Å². The normalized spacial score (nSPS) is 19.3. The summed E-state index contributed by atoms with van der Waals surface area (Å²) in [5.41, 5.74) is 1.78. The number of nitrogens with one attached hydrogen (secondary N) is 1. The number of carbonyl (C=O) groups excluding carboxylic acids is 2. The fourth-order valence-electron chi connectivity index (χ4n) is 5.04. The van der Waals surface area contributed by atoms with Crippen molar-refractivity contribution < 1.29 is 9.59 Å². The minimum Gasteiger partial charge on any atom is -0.345 e. The van der Waals surface area contributed by atoms with Gasteiger partial charge in [-0.2, -0.15) is 0 Å². The Morgan fingerprint density at radius 3 is 2.43 bits per heavy atom. The molecule has 0 spiro atoms. The quantitative estimate of drug-likeness (QED) is 0.491. The van der Waals surface area contributed by atoms with E-state index in [-0.39, 0.29) is 12.5 Å². The number of aromatic nitrogens is 1. The lowest BCUT2D eigenvalue weighted by molar-refractivity contribution is -0.107. The van der Waals surface area contributed by atoms with Crippen LogP contribution in [0, 0.1) is 0 Å². The van der Waals surface area contributed by atoms with Gasteiger partial charge in [0, 0.05) is 49.0 Å².